The second-order valence-corrected chi connectivity index (χ2v) is 11.2. The predicted octanol–water partition coefficient (Wildman–Crippen LogP) is 3.63. The Morgan fingerprint density at radius 2 is 1.13 bits per heavy atom. The molecule has 0 aliphatic heterocycles. The summed E-state index contributed by atoms with van der Waals surface area (Å²) in [6.45, 7) is 5.21. The topological polar surface area (TPSA) is 125 Å². The molecular formula is C34H45BF4N4NaO3. The van der Waals surface area contributed by atoms with Crippen molar-refractivity contribution in [2.24, 2.45) is 17.6 Å². The molecule has 2 amide bonds. The summed E-state index contributed by atoms with van der Waals surface area (Å²) >= 11 is 0. The average molecular weight is 668 g/mol. The second-order valence-electron chi connectivity index (χ2n) is 11.2. The van der Waals surface area contributed by atoms with Crippen LogP contribution in [-0.2, 0) is 14.4 Å². The van der Waals surface area contributed by atoms with Crippen LogP contribution in [-0.4, -0.2) is 44.9 Å². The molecular weight excluding hydrogens is 622 g/mol. The first-order valence-electron chi connectivity index (χ1n) is 14.9. The first-order chi connectivity index (χ1) is 21.0. The normalized spacial score (nSPS) is 17.8. The fourth-order valence-electron chi connectivity index (χ4n) is 5.42. The fraction of sp³-hybridized carbons (Fsp3) is 0.529. The summed E-state index contributed by atoms with van der Waals surface area (Å²) in [5.41, 5.74) is 7.45. The van der Waals surface area contributed by atoms with Crippen molar-refractivity contribution in [3.8, 4) is 0 Å². The number of carbonyl (C=O) groups is 3. The third kappa shape index (κ3) is 16.3. The molecule has 0 saturated heterocycles. The smallest absolute Gasteiger partial charge is 0.512 e. The molecule has 251 valence electrons. The summed E-state index contributed by atoms with van der Waals surface area (Å²) in [6.07, 6.45) is 1.60. The number of halogens is 4. The Kier molecular flexibility index (Phi) is 23.3. The Morgan fingerprint density at radius 3 is 1.47 bits per heavy atom. The largest absolute Gasteiger partial charge is 1.00 e. The van der Waals surface area contributed by atoms with E-state index < -0.39 is 17.9 Å². The van der Waals surface area contributed by atoms with E-state index in [1.54, 1.807) is 0 Å². The van der Waals surface area contributed by atoms with E-state index in [4.69, 9.17) is 17.6 Å². The first kappa shape index (κ1) is 46.4. The Bertz CT molecular complexity index is 1180. The molecule has 2 atom stereocenters. The van der Waals surface area contributed by atoms with Gasteiger partial charge in [0.25, 0.3) is 0 Å². The van der Waals surface area contributed by atoms with Crippen molar-refractivity contribution in [3.05, 3.63) is 78.4 Å². The molecule has 4 rings (SSSR count). The number of nitrogens with one attached hydrogen (secondary N) is 2. The molecule has 0 aromatic heterocycles. The molecule has 2 aliphatic carbocycles. The molecule has 47 heavy (non-hydrogen) atoms. The number of aldehydes is 1. The quantitative estimate of drug-likeness (QED) is 0.155. The van der Waals surface area contributed by atoms with Crippen LogP contribution in [0.4, 0.5) is 17.6 Å². The van der Waals surface area contributed by atoms with Crippen LogP contribution in [0.1, 0.15) is 94.8 Å². The summed E-state index contributed by atoms with van der Waals surface area (Å²) < 4.78 is 52.5. The number of benzene rings is 2. The summed E-state index contributed by atoms with van der Waals surface area (Å²) in [7, 11) is 0. The Labute approximate surface area is 300 Å². The van der Waals surface area contributed by atoms with Gasteiger partial charge in [-0.25, -0.2) is 17.6 Å². The summed E-state index contributed by atoms with van der Waals surface area (Å²) in [5.74, 6) is -6.31. The number of hydrogen-bond donors (Lipinski definition) is 3. The Balaban J connectivity index is 0. The van der Waals surface area contributed by atoms with Crippen molar-refractivity contribution in [2.45, 2.75) is 95.6 Å². The Morgan fingerprint density at radius 1 is 0.787 bits per heavy atom. The molecule has 0 bridgehead atoms. The standard InChI is InChI=1S/C16H22F2N2O.C16H19F2NO2.CN.CH4.B.Na/c17-16(18)9-6-13(7-10-16)15(21)20-14(8-11-19)12-4-2-1-3-5-12;17-16(18)9-6-13(7-10-16)15(21)19-14(8-11-20)12-4-2-1-3-5-12;1-2;;;/h1-5,13-14H,6-11,19H2,(H,20,21);1-5,11,13-14H,6-10H2,(H,19,21);;1H4;;/q;;-1;;;+1. The molecule has 2 saturated carbocycles. The molecule has 0 spiro atoms. The van der Waals surface area contributed by atoms with E-state index in [-0.39, 0.29) is 133 Å². The summed E-state index contributed by atoms with van der Waals surface area (Å²) in [5, 5.41) is 12.0. The van der Waals surface area contributed by atoms with Crippen molar-refractivity contribution >= 4 is 26.5 Å². The minimum absolute atomic E-state index is 0. The fourth-order valence-corrected chi connectivity index (χ4v) is 5.42. The van der Waals surface area contributed by atoms with Gasteiger partial charge in [-0.3, -0.25) is 9.59 Å². The van der Waals surface area contributed by atoms with Crippen molar-refractivity contribution in [3.63, 3.8) is 0 Å². The van der Waals surface area contributed by atoms with Crippen LogP contribution in [0.2, 0.25) is 0 Å². The van der Waals surface area contributed by atoms with Gasteiger partial charge in [0.1, 0.15) is 6.29 Å². The van der Waals surface area contributed by atoms with Crippen LogP contribution in [0.25, 0.3) is 0 Å². The molecule has 2 aromatic carbocycles. The minimum atomic E-state index is -2.64. The maximum Gasteiger partial charge on any atom is 1.00 e. The van der Waals surface area contributed by atoms with E-state index >= 15 is 0 Å². The predicted molar refractivity (Wildman–Crippen MR) is 170 cm³/mol. The van der Waals surface area contributed by atoms with Crippen molar-refractivity contribution < 1.29 is 61.5 Å². The van der Waals surface area contributed by atoms with Gasteiger partial charge in [0.05, 0.1) is 12.1 Å². The van der Waals surface area contributed by atoms with Crippen LogP contribution < -0.4 is 45.9 Å². The van der Waals surface area contributed by atoms with Gasteiger partial charge in [0.15, 0.2) is 0 Å². The van der Waals surface area contributed by atoms with E-state index in [1.807, 2.05) is 60.7 Å². The van der Waals surface area contributed by atoms with Crippen molar-refractivity contribution in [1.82, 2.24) is 10.6 Å². The van der Waals surface area contributed by atoms with Crippen molar-refractivity contribution in [1.29, 1.82) is 5.26 Å². The number of hydrogen-bond acceptors (Lipinski definition) is 5. The molecule has 0 heterocycles. The maximum atomic E-state index is 13.1. The van der Waals surface area contributed by atoms with Gasteiger partial charge in [-0.2, -0.15) is 0 Å². The van der Waals surface area contributed by atoms with Gasteiger partial charge >= 0.3 is 29.6 Å². The number of amides is 2. The van der Waals surface area contributed by atoms with Gasteiger partial charge in [-0.05, 0) is 49.8 Å². The third-order valence-corrected chi connectivity index (χ3v) is 8.00. The monoisotopic (exact) mass is 667 g/mol. The third-order valence-electron chi connectivity index (χ3n) is 8.00. The van der Waals surface area contributed by atoms with Crippen LogP contribution in [0.3, 0.4) is 0 Å². The average Bonchev–Trinajstić information content (AvgIpc) is 3.02. The van der Waals surface area contributed by atoms with Crippen LogP contribution in [0.15, 0.2) is 60.7 Å². The molecule has 3 radical (unpaired) electrons. The molecule has 2 fully saturated rings. The van der Waals surface area contributed by atoms with Gasteiger partial charge in [0, 0.05) is 52.4 Å². The van der Waals surface area contributed by atoms with Crippen LogP contribution in [0, 0.1) is 23.7 Å². The summed E-state index contributed by atoms with van der Waals surface area (Å²) in [6, 6.07) is 18.3. The zero-order valence-electron chi connectivity index (χ0n) is 26.3. The van der Waals surface area contributed by atoms with Gasteiger partial charge in [-0.15, -0.1) is 0 Å². The Hall–Kier alpha value is -2.72. The number of nitrogens with zero attached hydrogens (tertiary/aromatic N) is 1. The molecule has 13 heteroatoms. The van der Waals surface area contributed by atoms with Gasteiger partial charge < -0.3 is 33.0 Å². The van der Waals surface area contributed by atoms with E-state index in [1.165, 1.54) is 0 Å². The molecule has 2 aliphatic rings. The second kappa shape index (κ2) is 23.6. The van der Waals surface area contributed by atoms with E-state index in [9.17, 15) is 31.9 Å². The molecule has 7 nitrogen and oxygen atoms in total. The maximum absolute atomic E-state index is 13.1. The zero-order chi connectivity index (χ0) is 32.6. The number of alkyl halides is 4. The van der Waals surface area contributed by atoms with Crippen LogP contribution in [0.5, 0.6) is 0 Å². The summed E-state index contributed by atoms with van der Waals surface area (Å²) in [4.78, 5) is 35.2. The number of carbonyl (C=O) groups excluding carboxylic acids is 3. The minimum Gasteiger partial charge on any atom is -0.512 e. The molecule has 2 aromatic rings. The van der Waals surface area contributed by atoms with E-state index in [0.29, 0.717) is 13.0 Å². The van der Waals surface area contributed by atoms with E-state index in [0.717, 1.165) is 17.4 Å². The molecule has 2 unspecified atom stereocenters. The number of nitrogens with two attached hydrogens (primary N) is 1. The first-order valence-corrected chi connectivity index (χ1v) is 14.9. The van der Waals surface area contributed by atoms with Crippen molar-refractivity contribution in [2.75, 3.05) is 6.54 Å². The zero-order valence-corrected chi connectivity index (χ0v) is 28.3. The van der Waals surface area contributed by atoms with Crippen LogP contribution >= 0.6 is 0 Å². The van der Waals surface area contributed by atoms with Gasteiger partial charge in [0.2, 0.25) is 23.7 Å². The van der Waals surface area contributed by atoms with E-state index in [2.05, 4.69) is 10.6 Å². The number of rotatable bonds is 10. The molecule has 4 N–H and O–H groups in total. The SMILES string of the molecule is C.NCCC(NC(=O)C1CCC(F)(F)CC1)c1ccccc1.O=CCC(NC(=O)C1CCC(F)(F)CC1)c1ccccc1.[B].[C-]#N.[Na+]. The van der Waals surface area contributed by atoms with Gasteiger partial charge in [-0.1, -0.05) is 68.1 Å².